The molecule has 0 unspecified atom stereocenters. The lowest BCUT2D eigenvalue weighted by Gasteiger charge is -2.15. The van der Waals surface area contributed by atoms with Crippen LogP contribution in [-0.4, -0.2) is 41.6 Å². The molecule has 7 heteroatoms. The number of amides is 1. The maximum Gasteiger partial charge on any atom is 0.446 e. The lowest BCUT2D eigenvalue weighted by molar-refractivity contribution is -0.0328. The summed E-state index contributed by atoms with van der Waals surface area (Å²) >= 11 is -0.225. The summed E-state index contributed by atoms with van der Waals surface area (Å²) in [7, 11) is 1.51. The van der Waals surface area contributed by atoms with Gasteiger partial charge in [-0.3, -0.25) is 4.79 Å². The van der Waals surface area contributed by atoms with Gasteiger partial charge in [0.25, 0.3) is 5.91 Å². The van der Waals surface area contributed by atoms with E-state index in [2.05, 4.69) is 0 Å². The maximum absolute atomic E-state index is 12.1. The minimum Gasteiger partial charge on any atom is -0.395 e. The highest BCUT2D eigenvalue weighted by Crippen LogP contribution is 2.36. The molecular formula is C11H12F3NO2S. The van der Waals surface area contributed by atoms with Gasteiger partial charge in [0.15, 0.2) is 0 Å². The molecule has 3 nitrogen and oxygen atoms in total. The first-order valence-electron chi connectivity index (χ1n) is 5.05. The number of aliphatic hydroxyl groups excluding tert-OH is 1. The van der Waals surface area contributed by atoms with E-state index in [1.165, 1.54) is 36.2 Å². The van der Waals surface area contributed by atoms with Crippen molar-refractivity contribution in [3.8, 4) is 0 Å². The molecule has 0 spiro atoms. The molecule has 0 aliphatic rings. The van der Waals surface area contributed by atoms with Crippen LogP contribution in [0.5, 0.6) is 0 Å². The van der Waals surface area contributed by atoms with Crippen LogP contribution >= 0.6 is 11.8 Å². The Bertz CT molecular complexity index is 406. The Kier molecular flexibility index (Phi) is 5.03. The van der Waals surface area contributed by atoms with Crippen LogP contribution in [0.3, 0.4) is 0 Å². The Hall–Kier alpha value is -1.21. The average Bonchev–Trinajstić information content (AvgIpc) is 2.27. The van der Waals surface area contributed by atoms with Gasteiger partial charge in [0.05, 0.1) is 6.61 Å². The second kappa shape index (κ2) is 6.10. The highest BCUT2D eigenvalue weighted by atomic mass is 32.2. The minimum atomic E-state index is -4.33. The van der Waals surface area contributed by atoms with Crippen molar-refractivity contribution in [3.63, 3.8) is 0 Å². The van der Waals surface area contributed by atoms with E-state index in [0.29, 0.717) is 0 Å². The van der Waals surface area contributed by atoms with Crippen LogP contribution in [0.25, 0.3) is 0 Å². The monoisotopic (exact) mass is 279 g/mol. The Morgan fingerprint density at radius 2 is 1.89 bits per heavy atom. The fourth-order valence-electron chi connectivity index (χ4n) is 1.27. The van der Waals surface area contributed by atoms with Crippen LogP contribution in [0.4, 0.5) is 13.2 Å². The molecule has 0 aliphatic carbocycles. The number of likely N-dealkylation sites (N-methyl/N-ethyl adjacent to an activating group) is 1. The van der Waals surface area contributed by atoms with Crippen LogP contribution in [0.1, 0.15) is 10.4 Å². The van der Waals surface area contributed by atoms with Crippen molar-refractivity contribution in [1.29, 1.82) is 0 Å². The second-order valence-electron chi connectivity index (χ2n) is 3.52. The van der Waals surface area contributed by atoms with Crippen LogP contribution in [-0.2, 0) is 0 Å². The number of benzene rings is 1. The molecule has 1 aromatic carbocycles. The van der Waals surface area contributed by atoms with E-state index < -0.39 is 5.51 Å². The van der Waals surface area contributed by atoms with Gasteiger partial charge in [-0.05, 0) is 36.0 Å². The van der Waals surface area contributed by atoms with Crippen molar-refractivity contribution in [2.24, 2.45) is 0 Å². The molecule has 0 saturated carbocycles. The SMILES string of the molecule is CN(CCO)C(=O)c1ccc(SC(F)(F)F)cc1. The number of carbonyl (C=O) groups excluding carboxylic acids is 1. The molecule has 0 fully saturated rings. The van der Waals surface area contributed by atoms with E-state index in [0.717, 1.165) is 0 Å². The first-order valence-corrected chi connectivity index (χ1v) is 5.87. The first-order chi connectivity index (χ1) is 8.33. The zero-order valence-corrected chi connectivity index (χ0v) is 10.4. The molecule has 1 amide bonds. The summed E-state index contributed by atoms with van der Waals surface area (Å²) in [5.41, 5.74) is -4.04. The third-order valence-electron chi connectivity index (χ3n) is 2.12. The molecule has 0 atom stereocenters. The van der Waals surface area contributed by atoms with Crippen molar-refractivity contribution in [2.45, 2.75) is 10.4 Å². The summed E-state index contributed by atoms with van der Waals surface area (Å²) in [5.74, 6) is -0.340. The van der Waals surface area contributed by atoms with Gasteiger partial charge in [-0.15, -0.1) is 0 Å². The number of hydrogen-bond donors (Lipinski definition) is 1. The number of hydrogen-bond acceptors (Lipinski definition) is 3. The van der Waals surface area contributed by atoms with Gasteiger partial charge in [-0.2, -0.15) is 13.2 Å². The minimum absolute atomic E-state index is 0.0314. The maximum atomic E-state index is 12.1. The molecule has 0 aromatic heterocycles. The quantitative estimate of drug-likeness (QED) is 0.860. The van der Waals surface area contributed by atoms with Gasteiger partial charge in [0, 0.05) is 24.1 Å². The topological polar surface area (TPSA) is 40.5 Å². The van der Waals surface area contributed by atoms with Gasteiger partial charge in [0.1, 0.15) is 0 Å². The van der Waals surface area contributed by atoms with E-state index in [-0.39, 0.29) is 41.3 Å². The van der Waals surface area contributed by atoms with Crippen molar-refractivity contribution in [3.05, 3.63) is 29.8 Å². The summed E-state index contributed by atoms with van der Waals surface area (Å²) in [6.07, 6.45) is 0. The van der Waals surface area contributed by atoms with E-state index in [4.69, 9.17) is 5.11 Å². The molecule has 0 bridgehead atoms. The Morgan fingerprint density at radius 1 is 1.33 bits per heavy atom. The summed E-state index contributed by atoms with van der Waals surface area (Å²) in [4.78, 5) is 13.0. The number of aliphatic hydroxyl groups is 1. The molecule has 100 valence electrons. The zero-order valence-electron chi connectivity index (χ0n) is 9.57. The van der Waals surface area contributed by atoms with E-state index in [1.54, 1.807) is 0 Å². The van der Waals surface area contributed by atoms with Gasteiger partial charge in [0.2, 0.25) is 0 Å². The molecule has 0 saturated heterocycles. The van der Waals surface area contributed by atoms with Crippen LogP contribution in [0, 0.1) is 0 Å². The molecular weight excluding hydrogens is 267 g/mol. The van der Waals surface area contributed by atoms with Crippen molar-refractivity contribution in [2.75, 3.05) is 20.2 Å². The van der Waals surface area contributed by atoms with Gasteiger partial charge >= 0.3 is 5.51 Å². The van der Waals surface area contributed by atoms with Gasteiger partial charge in [-0.1, -0.05) is 0 Å². The molecule has 1 N–H and O–H groups in total. The fourth-order valence-corrected chi connectivity index (χ4v) is 1.81. The lowest BCUT2D eigenvalue weighted by atomic mass is 10.2. The normalized spacial score (nSPS) is 11.4. The predicted octanol–water partition coefficient (Wildman–Crippen LogP) is 2.36. The number of carbonyl (C=O) groups is 1. The molecule has 18 heavy (non-hydrogen) atoms. The number of alkyl halides is 3. The summed E-state index contributed by atoms with van der Waals surface area (Å²) < 4.78 is 36.3. The first kappa shape index (κ1) is 14.8. The van der Waals surface area contributed by atoms with E-state index >= 15 is 0 Å². The molecule has 0 aliphatic heterocycles. The predicted molar refractivity (Wildman–Crippen MR) is 62.4 cm³/mol. The molecule has 0 heterocycles. The Morgan fingerprint density at radius 3 is 2.33 bits per heavy atom. The average molecular weight is 279 g/mol. The number of nitrogens with zero attached hydrogens (tertiary/aromatic N) is 1. The summed E-state index contributed by atoms with van der Waals surface area (Å²) in [6.45, 7) is 0.0160. The second-order valence-corrected chi connectivity index (χ2v) is 4.66. The zero-order chi connectivity index (χ0) is 13.8. The lowest BCUT2D eigenvalue weighted by Crippen LogP contribution is -2.29. The Balaban J connectivity index is 2.74. The molecule has 1 aromatic rings. The van der Waals surface area contributed by atoms with Gasteiger partial charge in [-0.25, -0.2) is 0 Å². The highest BCUT2D eigenvalue weighted by molar-refractivity contribution is 8.00. The third-order valence-corrected chi connectivity index (χ3v) is 2.86. The molecule has 1 rings (SSSR count). The van der Waals surface area contributed by atoms with Crippen molar-refractivity contribution in [1.82, 2.24) is 4.90 Å². The standard InChI is InChI=1S/C11H12F3NO2S/c1-15(6-7-16)10(17)8-2-4-9(5-3-8)18-11(12,13)14/h2-5,16H,6-7H2,1H3. The van der Waals surface area contributed by atoms with Gasteiger partial charge < -0.3 is 10.0 Å². The largest absolute Gasteiger partial charge is 0.446 e. The van der Waals surface area contributed by atoms with E-state index in [9.17, 15) is 18.0 Å². The van der Waals surface area contributed by atoms with Crippen molar-refractivity contribution < 1.29 is 23.1 Å². The summed E-state index contributed by atoms with van der Waals surface area (Å²) in [5, 5.41) is 8.68. The van der Waals surface area contributed by atoms with Crippen LogP contribution in [0.2, 0.25) is 0 Å². The number of rotatable bonds is 4. The summed E-state index contributed by atoms with van der Waals surface area (Å²) in [6, 6.07) is 5.17. The Labute approximate surface area is 107 Å². The van der Waals surface area contributed by atoms with Crippen LogP contribution < -0.4 is 0 Å². The smallest absolute Gasteiger partial charge is 0.395 e. The van der Waals surface area contributed by atoms with Crippen LogP contribution in [0.15, 0.2) is 29.2 Å². The third kappa shape index (κ3) is 4.58. The number of thioether (sulfide) groups is 1. The number of halogens is 3. The fraction of sp³-hybridized carbons (Fsp3) is 0.364. The van der Waals surface area contributed by atoms with E-state index in [1.807, 2.05) is 0 Å². The van der Waals surface area contributed by atoms with Crippen molar-refractivity contribution >= 4 is 17.7 Å². The molecule has 0 radical (unpaired) electrons. The highest BCUT2D eigenvalue weighted by Gasteiger charge is 2.29.